The average molecular weight is 388 g/mol. The fourth-order valence-electron chi connectivity index (χ4n) is 4.10. The predicted molar refractivity (Wildman–Crippen MR) is 111 cm³/mol. The summed E-state index contributed by atoms with van der Waals surface area (Å²) in [6.07, 6.45) is 6.89. The van der Waals surface area contributed by atoms with E-state index < -0.39 is 0 Å². The van der Waals surface area contributed by atoms with Crippen molar-refractivity contribution in [3.8, 4) is 6.07 Å². The molecule has 1 atom stereocenters. The highest BCUT2D eigenvalue weighted by Crippen LogP contribution is 2.47. The third-order valence-corrected chi connectivity index (χ3v) is 6.44. The van der Waals surface area contributed by atoms with E-state index in [1.165, 1.54) is 12.8 Å². The highest BCUT2D eigenvalue weighted by atomic mass is 16.2. The molecule has 2 heterocycles. The van der Waals surface area contributed by atoms with E-state index in [1.807, 2.05) is 36.2 Å². The number of nitrogens with zero attached hydrogens (tertiary/aromatic N) is 5. The van der Waals surface area contributed by atoms with Crippen LogP contribution in [-0.2, 0) is 10.2 Å². The van der Waals surface area contributed by atoms with Gasteiger partial charge in [0, 0.05) is 19.8 Å². The van der Waals surface area contributed by atoms with Gasteiger partial charge >= 0.3 is 0 Å². The predicted octanol–water partition coefficient (Wildman–Crippen LogP) is 3.36. The van der Waals surface area contributed by atoms with E-state index in [0.29, 0.717) is 11.9 Å². The maximum Gasteiger partial charge on any atom is 0.249 e. The van der Waals surface area contributed by atoms with Crippen molar-refractivity contribution >= 4 is 29.0 Å². The number of rotatable bonds is 5. The van der Waals surface area contributed by atoms with Crippen molar-refractivity contribution in [3.63, 3.8) is 0 Å². The molecule has 1 aliphatic heterocycles. The standard InChI is InChI=1S/C22H24N6O/c1-27-17(11-14-3-4-14)20(29)28(2)18-12-24-21(26-19(18)27)25-16-7-5-15(6-8-16)22(13-23)9-10-22/h5-8,12,14,17H,3-4,9-11H2,1-2H3,(H,24,25,26)/t17-/m1/s1. The summed E-state index contributed by atoms with van der Waals surface area (Å²) in [5.74, 6) is 2.03. The number of carbonyl (C=O) groups excluding carboxylic acids is 1. The number of anilines is 4. The highest BCUT2D eigenvalue weighted by Gasteiger charge is 2.44. The molecule has 2 fully saturated rings. The summed E-state index contributed by atoms with van der Waals surface area (Å²) >= 11 is 0. The largest absolute Gasteiger partial charge is 0.346 e. The van der Waals surface area contributed by atoms with Gasteiger partial charge in [-0.25, -0.2) is 4.98 Å². The third-order valence-electron chi connectivity index (χ3n) is 6.44. The minimum atomic E-state index is -0.281. The molecule has 1 aromatic heterocycles. The number of hydrogen-bond acceptors (Lipinski definition) is 6. The van der Waals surface area contributed by atoms with Gasteiger partial charge in [-0.05, 0) is 42.9 Å². The van der Waals surface area contributed by atoms with Crippen molar-refractivity contribution in [2.24, 2.45) is 5.92 Å². The number of benzene rings is 1. The van der Waals surface area contributed by atoms with Gasteiger partial charge in [0.25, 0.3) is 0 Å². The average Bonchev–Trinajstić information content (AvgIpc) is 3.66. The van der Waals surface area contributed by atoms with Gasteiger partial charge < -0.3 is 15.1 Å². The summed E-state index contributed by atoms with van der Waals surface area (Å²) in [6.45, 7) is 0. The summed E-state index contributed by atoms with van der Waals surface area (Å²) in [6, 6.07) is 10.2. The van der Waals surface area contributed by atoms with E-state index >= 15 is 0 Å². The lowest BCUT2D eigenvalue weighted by Gasteiger charge is -2.38. The zero-order chi connectivity index (χ0) is 20.2. The van der Waals surface area contributed by atoms with Crippen molar-refractivity contribution < 1.29 is 4.79 Å². The Balaban J connectivity index is 1.38. The molecule has 2 aliphatic carbocycles. The molecule has 7 heteroatoms. The number of carbonyl (C=O) groups is 1. The number of fused-ring (bicyclic) bond motifs is 1. The summed E-state index contributed by atoms with van der Waals surface area (Å²) in [5, 5.41) is 12.6. The van der Waals surface area contributed by atoms with E-state index in [-0.39, 0.29) is 17.4 Å². The number of likely N-dealkylation sites (N-methyl/N-ethyl adjacent to an activating group) is 2. The number of amides is 1. The Bertz CT molecular complexity index is 1000. The summed E-state index contributed by atoms with van der Waals surface area (Å²) < 4.78 is 0. The lowest BCUT2D eigenvalue weighted by molar-refractivity contribution is -0.120. The van der Waals surface area contributed by atoms with Gasteiger partial charge in [-0.1, -0.05) is 25.0 Å². The van der Waals surface area contributed by atoms with Crippen LogP contribution in [0.5, 0.6) is 0 Å². The maximum absolute atomic E-state index is 12.8. The van der Waals surface area contributed by atoms with Crippen LogP contribution in [0.4, 0.5) is 23.1 Å². The fourth-order valence-corrected chi connectivity index (χ4v) is 4.10. The van der Waals surface area contributed by atoms with Crippen molar-refractivity contribution in [2.75, 3.05) is 29.2 Å². The minimum Gasteiger partial charge on any atom is -0.346 e. The van der Waals surface area contributed by atoms with Crippen LogP contribution in [0.1, 0.15) is 37.7 Å². The van der Waals surface area contributed by atoms with Crippen LogP contribution >= 0.6 is 0 Å². The number of hydrogen-bond donors (Lipinski definition) is 1. The Hall–Kier alpha value is -3.14. The van der Waals surface area contributed by atoms with Crippen molar-refractivity contribution in [1.29, 1.82) is 5.26 Å². The van der Waals surface area contributed by atoms with Crippen molar-refractivity contribution in [2.45, 2.75) is 43.6 Å². The molecule has 1 N–H and O–H groups in total. The van der Waals surface area contributed by atoms with E-state index in [1.54, 1.807) is 18.1 Å². The van der Waals surface area contributed by atoms with Crippen LogP contribution in [-0.4, -0.2) is 36.0 Å². The second-order valence-corrected chi connectivity index (χ2v) is 8.50. The zero-order valence-electron chi connectivity index (χ0n) is 16.7. The van der Waals surface area contributed by atoms with Gasteiger partial charge in [0.2, 0.25) is 11.9 Å². The van der Waals surface area contributed by atoms with Gasteiger partial charge in [-0.2, -0.15) is 10.2 Å². The minimum absolute atomic E-state index is 0.110. The van der Waals surface area contributed by atoms with Crippen LogP contribution in [0.3, 0.4) is 0 Å². The molecule has 148 valence electrons. The molecular weight excluding hydrogens is 364 g/mol. The van der Waals surface area contributed by atoms with E-state index in [9.17, 15) is 10.1 Å². The molecule has 1 aromatic carbocycles. The first kappa shape index (κ1) is 17.9. The topological polar surface area (TPSA) is 85.2 Å². The van der Waals surface area contributed by atoms with Gasteiger partial charge in [0.1, 0.15) is 11.7 Å². The normalized spacial score (nSPS) is 22.1. The first-order valence-electron chi connectivity index (χ1n) is 10.2. The van der Waals surface area contributed by atoms with Crippen LogP contribution in [0.15, 0.2) is 30.5 Å². The van der Waals surface area contributed by atoms with E-state index in [4.69, 9.17) is 4.98 Å². The van der Waals surface area contributed by atoms with Crippen LogP contribution < -0.4 is 15.1 Å². The SMILES string of the molecule is CN1C(=O)[C@@H](CC2CC2)N(C)c2nc(Nc3ccc(C4(C#N)CC4)cc3)ncc21. The molecular formula is C22H24N6O. The lowest BCUT2D eigenvalue weighted by Crippen LogP contribution is -2.51. The summed E-state index contributed by atoms with van der Waals surface area (Å²) in [5.41, 5.74) is 2.40. The first-order valence-corrected chi connectivity index (χ1v) is 10.2. The number of nitriles is 1. The molecule has 0 bridgehead atoms. The van der Waals surface area contributed by atoms with Crippen molar-refractivity contribution in [3.05, 3.63) is 36.0 Å². The molecule has 7 nitrogen and oxygen atoms in total. The summed E-state index contributed by atoms with van der Waals surface area (Å²) in [7, 11) is 3.74. The molecule has 0 radical (unpaired) electrons. The summed E-state index contributed by atoms with van der Waals surface area (Å²) in [4.78, 5) is 25.6. The van der Waals surface area contributed by atoms with Gasteiger partial charge in [-0.3, -0.25) is 4.79 Å². The lowest BCUT2D eigenvalue weighted by atomic mass is 9.98. The molecule has 3 aliphatic rings. The smallest absolute Gasteiger partial charge is 0.249 e. The highest BCUT2D eigenvalue weighted by molar-refractivity contribution is 6.04. The van der Waals surface area contributed by atoms with Crippen molar-refractivity contribution in [1.82, 2.24) is 9.97 Å². The van der Waals surface area contributed by atoms with Gasteiger partial charge in [0.05, 0.1) is 17.7 Å². The molecule has 29 heavy (non-hydrogen) atoms. The van der Waals surface area contributed by atoms with Crippen LogP contribution in [0, 0.1) is 17.2 Å². The Morgan fingerprint density at radius 3 is 2.59 bits per heavy atom. The third kappa shape index (κ3) is 3.09. The molecule has 0 saturated heterocycles. The molecule has 0 unspecified atom stereocenters. The zero-order valence-corrected chi connectivity index (χ0v) is 16.7. The molecule has 5 rings (SSSR count). The Kier molecular flexibility index (Phi) is 3.98. The molecule has 2 aromatic rings. The maximum atomic E-state index is 12.8. The van der Waals surface area contributed by atoms with Crippen LogP contribution in [0.25, 0.3) is 0 Å². The first-order chi connectivity index (χ1) is 14.0. The van der Waals surface area contributed by atoms with E-state index in [2.05, 4.69) is 16.4 Å². The second kappa shape index (κ2) is 6.45. The Morgan fingerprint density at radius 2 is 1.97 bits per heavy atom. The van der Waals surface area contributed by atoms with Crippen LogP contribution in [0.2, 0.25) is 0 Å². The molecule has 0 spiro atoms. The number of nitrogens with one attached hydrogen (secondary N) is 1. The monoisotopic (exact) mass is 388 g/mol. The molecule has 1 amide bonds. The quantitative estimate of drug-likeness (QED) is 0.845. The van der Waals surface area contributed by atoms with E-state index in [0.717, 1.165) is 42.0 Å². The van der Waals surface area contributed by atoms with Gasteiger partial charge in [-0.15, -0.1) is 0 Å². The Morgan fingerprint density at radius 1 is 1.24 bits per heavy atom. The Labute approximate surface area is 170 Å². The molecule has 2 saturated carbocycles. The number of aromatic nitrogens is 2. The fraction of sp³-hybridized carbons (Fsp3) is 0.455. The van der Waals surface area contributed by atoms with Gasteiger partial charge in [0.15, 0.2) is 5.82 Å². The second-order valence-electron chi connectivity index (χ2n) is 8.50.